The number of halogens is 1. The predicted octanol–water partition coefficient (Wildman–Crippen LogP) is 3.23. The first-order valence-corrected chi connectivity index (χ1v) is 4.97. The van der Waals surface area contributed by atoms with E-state index in [1.807, 2.05) is 12.1 Å². The average Bonchev–Trinajstić information content (AvgIpc) is 2.08. The molecule has 1 aromatic rings. The smallest absolute Gasteiger partial charge is 0.0640 e. The van der Waals surface area contributed by atoms with E-state index in [4.69, 9.17) is 16.3 Å². The first-order valence-electron chi connectivity index (χ1n) is 4.59. The predicted molar refractivity (Wildman–Crippen MR) is 54.2 cm³/mol. The van der Waals surface area contributed by atoms with Crippen LogP contribution >= 0.6 is 11.6 Å². The molecular formula is C11H13ClO. The summed E-state index contributed by atoms with van der Waals surface area (Å²) in [5, 5.41) is 0.803. The Hall–Kier alpha value is -0.530. The van der Waals surface area contributed by atoms with Crippen LogP contribution in [0.5, 0.6) is 0 Å². The molecule has 0 heterocycles. The highest BCUT2D eigenvalue weighted by Crippen LogP contribution is 2.38. The largest absolute Gasteiger partial charge is 0.381 e. The second kappa shape index (κ2) is 3.69. The van der Waals surface area contributed by atoms with Gasteiger partial charge >= 0.3 is 0 Å². The molecule has 70 valence electrons. The summed E-state index contributed by atoms with van der Waals surface area (Å²) in [7, 11) is 1.78. The summed E-state index contributed by atoms with van der Waals surface area (Å²) in [5.41, 5.74) is 1.35. The highest BCUT2D eigenvalue weighted by Gasteiger charge is 2.31. The summed E-state index contributed by atoms with van der Waals surface area (Å²) in [5.74, 6) is 0.585. The summed E-state index contributed by atoms with van der Waals surface area (Å²) < 4.78 is 5.35. The van der Waals surface area contributed by atoms with Gasteiger partial charge in [0.1, 0.15) is 0 Å². The molecule has 1 aliphatic carbocycles. The molecule has 2 unspecified atom stereocenters. The number of benzene rings is 1. The molecule has 0 N–H and O–H groups in total. The van der Waals surface area contributed by atoms with Crippen molar-refractivity contribution in [2.24, 2.45) is 0 Å². The molecule has 0 spiro atoms. The van der Waals surface area contributed by atoms with E-state index in [-0.39, 0.29) is 0 Å². The highest BCUT2D eigenvalue weighted by molar-refractivity contribution is 6.30. The third-order valence-electron chi connectivity index (χ3n) is 2.81. The average molecular weight is 197 g/mol. The third kappa shape index (κ3) is 1.72. The van der Waals surface area contributed by atoms with E-state index in [1.165, 1.54) is 18.4 Å². The molecule has 1 saturated carbocycles. The van der Waals surface area contributed by atoms with Crippen LogP contribution < -0.4 is 0 Å². The molecule has 1 nitrogen and oxygen atoms in total. The van der Waals surface area contributed by atoms with E-state index in [9.17, 15) is 0 Å². The Balaban J connectivity index is 2.12. The Morgan fingerprint density at radius 3 is 2.38 bits per heavy atom. The molecule has 13 heavy (non-hydrogen) atoms. The molecule has 0 amide bonds. The van der Waals surface area contributed by atoms with Crippen molar-refractivity contribution in [3.05, 3.63) is 34.9 Å². The lowest BCUT2D eigenvalue weighted by molar-refractivity contribution is 0.0183. The molecule has 1 aliphatic rings. The van der Waals surface area contributed by atoms with Crippen molar-refractivity contribution in [1.29, 1.82) is 0 Å². The van der Waals surface area contributed by atoms with Crippen LogP contribution in [0.3, 0.4) is 0 Å². The number of ether oxygens (including phenoxy) is 1. The van der Waals surface area contributed by atoms with Gasteiger partial charge in [0.05, 0.1) is 6.10 Å². The molecule has 0 radical (unpaired) electrons. The minimum atomic E-state index is 0.418. The number of rotatable bonds is 2. The number of methoxy groups -OCH3 is 1. The fourth-order valence-electron chi connectivity index (χ4n) is 1.84. The fraction of sp³-hybridized carbons (Fsp3) is 0.455. The van der Waals surface area contributed by atoms with Gasteiger partial charge in [-0.2, -0.15) is 0 Å². The molecule has 0 aromatic heterocycles. The van der Waals surface area contributed by atoms with Gasteiger partial charge in [-0.15, -0.1) is 0 Å². The lowest BCUT2D eigenvalue weighted by atomic mass is 9.77. The zero-order valence-corrected chi connectivity index (χ0v) is 8.42. The summed E-state index contributed by atoms with van der Waals surface area (Å²) in [6, 6.07) is 8.08. The number of hydrogen-bond donors (Lipinski definition) is 0. The molecule has 2 atom stereocenters. The summed E-state index contributed by atoms with van der Waals surface area (Å²) in [4.78, 5) is 0. The van der Waals surface area contributed by atoms with Gasteiger partial charge in [-0.1, -0.05) is 23.7 Å². The van der Waals surface area contributed by atoms with Gasteiger partial charge in [0.2, 0.25) is 0 Å². The highest BCUT2D eigenvalue weighted by atomic mass is 35.5. The maximum atomic E-state index is 5.82. The van der Waals surface area contributed by atoms with Crippen LogP contribution in [-0.2, 0) is 4.74 Å². The standard InChI is InChI=1S/C11H13ClO/c1-13-11-7-6-10(11)8-2-4-9(12)5-3-8/h2-5,10-11H,6-7H2,1H3. The maximum absolute atomic E-state index is 5.82. The van der Waals surface area contributed by atoms with Crippen LogP contribution in [0.25, 0.3) is 0 Å². The topological polar surface area (TPSA) is 9.23 Å². The van der Waals surface area contributed by atoms with E-state index < -0.39 is 0 Å². The molecule has 1 aromatic carbocycles. The van der Waals surface area contributed by atoms with Crippen molar-refractivity contribution in [3.8, 4) is 0 Å². The van der Waals surface area contributed by atoms with Gasteiger partial charge < -0.3 is 4.74 Å². The van der Waals surface area contributed by atoms with Gasteiger partial charge in [-0.25, -0.2) is 0 Å². The van der Waals surface area contributed by atoms with Crippen LogP contribution in [0.4, 0.5) is 0 Å². The molecular weight excluding hydrogens is 184 g/mol. The normalized spacial score (nSPS) is 26.9. The van der Waals surface area contributed by atoms with Crippen molar-refractivity contribution in [2.45, 2.75) is 24.9 Å². The Bertz CT molecular complexity index is 279. The van der Waals surface area contributed by atoms with Crippen molar-refractivity contribution in [2.75, 3.05) is 7.11 Å². The van der Waals surface area contributed by atoms with Gasteiger partial charge in [0, 0.05) is 18.1 Å². The van der Waals surface area contributed by atoms with E-state index >= 15 is 0 Å². The van der Waals surface area contributed by atoms with Crippen LogP contribution in [0, 0.1) is 0 Å². The first-order chi connectivity index (χ1) is 6.31. The Kier molecular flexibility index (Phi) is 2.56. The first kappa shape index (κ1) is 9.04. The second-order valence-corrected chi connectivity index (χ2v) is 3.95. The molecule has 0 saturated heterocycles. The number of hydrogen-bond acceptors (Lipinski definition) is 1. The molecule has 1 fully saturated rings. The van der Waals surface area contributed by atoms with E-state index in [0.717, 1.165) is 5.02 Å². The van der Waals surface area contributed by atoms with Crippen LogP contribution in [0.1, 0.15) is 24.3 Å². The van der Waals surface area contributed by atoms with Crippen molar-refractivity contribution in [1.82, 2.24) is 0 Å². The van der Waals surface area contributed by atoms with Crippen molar-refractivity contribution >= 4 is 11.6 Å². The molecule has 0 aliphatic heterocycles. The fourth-order valence-corrected chi connectivity index (χ4v) is 1.97. The monoisotopic (exact) mass is 196 g/mol. The summed E-state index contributed by atoms with van der Waals surface area (Å²) in [6.07, 6.45) is 2.84. The van der Waals surface area contributed by atoms with E-state index in [1.54, 1.807) is 7.11 Å². The Morgan fingerprint density at radius 2 is 1.92 bits per heavy atom. The molecule has 2 heteroatoms. The summed E-state index contributed by atoms with van der Waals surface area (Å²) >= 11 is 5.82. The van der Waals surface area contributed by atoms with E-state index in [2.05, 4.69) is 12.1 Å². The maximum Gasteiger partial charge on any atom is 0.0640 e. The van der Waals surface area contributed by atoms with Crippen LogP contribution in [-0.4, -0.2) is 13.2 Å². The van der Waals surface area contributed by atoms with Crippen molar-refractivity contribution < 1.29 is 4.74 Å². The molecule has 0 bridgehead atoms. The lowest BCUT2D eigenvalue weighted by Crippen LogP contribution is -2.30. The lowest BCUT2D eigenvalue weighted by Gasteiger charge is -2.35. The minimum Gasteiger partial charge on any atom is -0.381 e. The van der Waals surface area contributed by atoms with Gasteiger partial charge in [0.25, 0.3) is 0 Å². The second-order valence-electron chi connectivity index (χ2n) is 3.51. The van der Waals surface area contributed by atoms with Crippen LogP contribution in [0.2, 0.25) is 5.02 Å². The van der Waals surface area contributed by atoms with Gasteiger partial charge in [-0.05, 0) is 30.5 Å². The Labute approximate surface area is 83.7 Å². The molecule has 2 rings (SSSR count). The zero-order chi connectivity index (χ0) is 9.26. The van der Waals surface area contributed by atoms with Gasteiger partial charge in [0.15, 0.2) is 0 Å². The van der Waals surface area contributed by atoms with Crippen molar-refractivity contribution in [3.63, 3.8) is 0 Å². The minimum absolute atomic E-state index is 0.418. The van der Waals surface area contributed by atoms with E-state index in [0.29, 0.717) is 12.0 Å². The zero-order valence-electron chi connectivity index (χ0n) is 7.66. The quantitative estimate of drug-likeness (QED) is 0.706. The third-order valence-corrected chi connectivity index (χ3v) is 3.06. The summed E-state index contributed by atoms with van der Waals surface area (Å²) in [6.45, 7) is 0. The van der Waals surface area contributed by atoms with Gasteiger partial charge in [-0.3, -0.25) is 0 Å². The SMILES string of the molecule is COC1CCC1c1ccc(Cl)cc1. The van der Waals surface area contributed by atoms with Crippen LogP contribution in [0.15, 0.2) is 24.3 Å². The Morgan fingerprint density at radius 1 is 1.23 bits per heavy atom.